The molecule has 0 unspecified atom stereocenters. The topological polar surface area (TPSA) is 88.3 Å². The predicted molar refractivity (Wildman–Crippen MR) is 106 cm³/mol. The molecule has 29 heavy (non-hydrogen) atoms. The lowest BCUT2D eigenvalue weighted by molar-refractivity contribution is -0.117. The Hall–Kier alpha value is -2.96. The van der Waals surface area contributed by atoms with Crippen molar-refractivity contribution in [2.45, 2.75) is 52.0 Å². The minimum atomic E-state index is -0.826. The number of aryl methyl sites for hydroxylation is 1. The van der Waals surface area contributed by atoms with Gasteiger partial charge in [-0.15, -0.1) is 0 Å². The van der Waals surface area contributed by atoms with E-state index in [-0.39, 0.29) is 35.0 Å². The zero-order valence-electron chi connectivity index (χ0n) is 16.6. The van der Waals surface area contributed by atoms with Crippen molar-refractivity contribution in [1.82, 2.24) is 10.3 Å². The molecule has 2 N–H and O–H groups in total. The van der Waals surface area contributed by atoms with Crippen LogP contribution in [0.4, 0.5) is 4.39 Å². The summed E-state index contributed by atoms with van der Waals surface area (Å²) in [6.45, 7) is 3.38. The van der Waals surface area contributed by atoms with Crippen LogP contribution in [0.1, 0.15) is 65.6 Å². The number of halogens is 1. The van der Waals surface area contributed by atoms with Crippen LogP contribution in [-0.2, 0) is 9.53 Å². The Morgan fingerprint density at radius 1 is 1.17 bits per heavy atom. The molecule has 0 spiro atoms. The van der Waals surface area contributed by atoms with Gasteiger partial charge in [-0.3, -0.25) is 9.59 Å². The molecular formula is C22H25FN2O4. The molecule has 1 aliphatic carbocycles. The van der Waals surface area contributed by atoms with Crippen LogP contribution in [0.2, 0.25) is 0 Å². The van der Waals surface area contributed by atoms with Crippen molar-refractivity contribution in [1.29, 1.82) is 0 Å². The van der Waals surface area contributed by atoms with Crippen LogP contribution in [0.25, 0.3) is 11.1 Å². The number of amides is 1. The van der Waals surface area contributed by atoms with Gasteiger partial charge in [0.05, 0.1) is 12.2 Å². The van der Waals surface area contributed by atoms with Gasteiger partial charge in [-0.05, 0) is 32.8 Å². The molecule has 7 heteroatoms. The monoisotopic (exact) mass is 400 g/mol. The van der Waals surface area contributed by atoms with E-state index in [0.717, 1.165) is 32.1 Å². The number of benzene rings is 1. The quantitative estimate of drug-likeness (QED) is 0.437. The highest BCUT2D eigenvalue weighted by atomic mass is 19.1. The average Bonchev–Trinajstić information content (AvgIpc) is 3.05. The van der Waals surface area contributed by atoms with Gasteiger partial charge in [0.25, 0.3) is 11.7 Å². The van der Waals surface area contributed by atoms with Crippen molar-refractivity contribution in [3.05, 3.63) is 47.0 Å². The van der Waals surface area contributed by atoms with Gasteiger partial charge in [0.15, 0.2) is 0 Å². The summed E-state index contributed by atoms with van der Waals surface area (Å²) in [4.78, 5) is 40.9. The number of Topliss-reactive ketones (excluding diaryl/α,β-unsaturated/α-hetero) is 1. The Labute approximate surface area is 168 Å². The van der Waals surface area contributed by atoms with E-state index in [9.17, 15) is 18.8 Å². The highest BCUT2D eigenvalue weighted by molar-refractivity contribution is 6.44. The molecule has 6 nitrogen and oxygen atoms in total. The summed E-state index contributed by atoms with van der Waals surface area (Å²) in [6.07, 6.45) is 4.80. The number of hydrogen-bond donors (Lipinski definition) is 2. The molecule has 1 amide bonds. The van der Waals surface area contributed by atoms with Crippen LogP contribution in [0.3, 0.4) is 0 Å². The molecule has 0 radical (unpaired) electrons. The molecule has 154 valence electrons. The molecule has 0 atom stereocenters. The summed E-state index contributed by atoms with van der Waals surface area (Å²) >= 11 is 0. The van der Waals surface area contributed by atoms with Gasteiger partial charge in [0.2, 0.25) is 0 Å². The normalized spacial score (nSPS) is 14.4. The Morgan fingerprint density at radius 3 is 2.52 bits per heavy atom. The first-order chi connectivity index (χ1) is 13.9. The van der Waals surface area contributed by atoms with Crippen LogP contribution in [0.15, 0.2) is 24.3 Å². The summed E-state index contributed by atoms with van der Waals surface area (Å²) < 4.78 is 19.6. The van der Waals surface area contributed by atoms with E-state index in [2.05, 4.69) is 10.3 Å². The standard InChI is InChI=1S/C22H25FN2O4/c1-3-29-22(28)17-13(2)24-19(18(17)15-11-7-8-12-16(15)23)20(26)21(27)25-14-9-5-4-6-10-14/h7-8,11-12,14,24H,3-6,9-10H2,1-2H3,(H,25,27). The maximum Gasteiger partial charge on any atom is 0.340 e. The van der Waals surface area contributed by atoms with Gasteiger partial charge in [0, 0.05) is 22.9 Å². The first kappa shape index (κ1) is 20.8. The van der Waals surface area contributed by atoms with Crippen molar-refractivity contribution < 1.29 is 23.5 Å². The molecule has 1 aromatic carbocycles. The first-order valence-corrected chi connectivity index (χ1v) is 9.93. The lowest BCUT2D eigenvalue weighted by Crippen LogP contribution is -2.40. The number of rotatable bonds is 6. The Balaban J connectivity index is 2.02. The number of hydrogen-bond acceptors (Lipinski definition) is 4. The van der Waals surface area contributed by atoms with E-state index in [0.29, 0.717) is 5.69 Å². The zero-order valence-corrected chi connectivity index (χ0v) is 16.6. The zero-order chi connectivity index (χ0) is 21.0. The second-order valence-electron chi connectivity index (χ2n) is 7.21. The number of carbonyl (C=O) groups is 3. The molecule has 0 bridgehead atoms. The third-order valence-corrected chi connectivity index (χ3v) is 5.18. The Morgan fingerprint density at radius 2 is 1.86 bits per heavy atom. The second-order valence-corrected chi connectivity index (χ2v) is 7.21. The van der Waals surface area contributed by atoms with Gasteiger partial charge in [0.1, 0.15) is 11.5 Å². The minimum absolute atomic E-state index is 0.0438. The minimum Gasteiger partial charge on any atom is -0.462 e. The van der Waals surface area contributed by atoms with Crippen LogP contribution in [0, 0.1) is 12.7 Å². The number of H-pyrrole nitrogens is 1. The molecule has 1 saturated carbocycles. The molecule has 2 aromatic rings. The average molecular weight is 400 g/mol. The maximum atomic E-state index is 14.6. The summed E-state index contributed by atoms with van der Waals surface area (Å²) in [5, 5.41) is 2.78. The molecule has 1 aromatic heterocycles. The number of carbonyl (C=O) groups excluding carboxylic acids is 3. The Kier molecular flexibility index (Phi) is 6.46. The van der Waals surface area contributed by atoms with E-state index in [1.165, 1.54) is 18.2 Å². The lowest BCUT2D eigenvalue weighted by atomic mass is 9.95. The van der Waals surface area contributed by atoms with Crippen LogP contribution >= 0.6 is 0 Å². The molecular weight excluding hydrogens is 375 g/mol. The van der Waals surface area contributed by atoms with Gasteiger partial charge in [-0.1, -0.05) is 37.5 Å². The van der Waals surface area contributed by atoms with Gasteiger partial charge < -0.3 is 15.0 Å². The summed E-state index contributed by atoms with van der Waals surface area (Å²) in [6, 6.07) is 5.78. The number of ketones is 1. The highest BCUT2D eigenvalue weighted by Gasteiger charge is 2.31. The van der Waals surface area contributed by atoms with Crippen LogP contribution in [-0.4, -0.2) is 35.3 Å². The highest BCUT2D eigenvalue weighted by Crippen LogP contribution is 2.33. The van der Waals surface area contributed by atoms with Crippen molar-refractivity contribution in [2.24, 2.45) is 0 Å². The SMILES string of the molecule is CCOC(=O)c1c(C)[nH]c(C(=O)C(=O)NC2CCCCC2)c1-c1ccccc1F. The molecule has 0 aliphatic heterocycles. The van der Waals surface area contributed by atoms with E-state index < -0.39 is 23.5 Å². The number of aromatic amines is 1. The Bertz CT molecular complexity index is 929. The van der Waals surface area contributed by atoms with Gasteiger partial charge in [-0.25, -0.2) is 9.18 Å². The fourth-order valence-corrected chi connectivity index (χ4v) is 3.80. The summed E-state index contributed by atoms with van der Waals surface area (Å²) in [7, 11) is 0. The largest absolute Gasteiger partial charge is 0.462 e. The lowest BCUT2D eigenvalue weighted by Gasteiger charge is -2.22. The molecule has 3 rings (SSSR count). The van der Waals surface area contributed by atoms with Gasteiger partial charge in [-0.2, -0.15) is 0 Å². The van der Waals surface area contributed by atoms with Crippen LogP contribution in [0.5, 0.6) is 0 Å². The molecule has 1 heterocycles. The third kappa shape index (κ3) is 4.39. The maximum absolute atomic E-state index is 14.6. The molecule has 0 saturated heterocycles. The fraction of sp³-hybridized carbons (Fsp3) is 0.409. The van der Waals surface area contributed by atoms with Crippen molar-refractivity contribution >= 4 is 17.7 Å². The van der Waals surface area contributed by atoms with E-state index in [1.807, 2.05) is 0 Å². The summed E-state index contributed by atoms with van der Waals surface area (Å²) in [5.41, 5.74) is 0.418. The third-order valence-electron chi connectivity index (χ3n) is 5.18. The van der Waals surface area contributed by atoms with E-state index in [4.69, 9.17) is 4.74 Å². The number of ether oxygens (including phenoxy) is 1. The second kappa shape index (κ2) is 9.03. The smallest absolute Gasteiger partial charge is 0.340 e. The van der Waals surface area contributed by atoms with Crippen molar-refractivity contribution in [3.63, 3.8) is 0 Å². The first-order valence-electron chi connectivity index (χ1n) is 9.93. The molecule has 1 aliphatic rings. The van der Waals surface area contributed by atoms with Crippen molar-refractivity contribution in [3.8, 4) is 11.1 Å². The number of esters is 1. The number of nitrogens with one attached hydrogen (secondary N) is 2. The fourth-order valence-electron chi connectivity index (χ4n) is 3.80. The van der Waals surface area contributed by atoms with Crippen LogP contribution < -0.4 is 5.32 Å². The predicted octanol–water partition coefficient (Wildman–Crippen LogP) is 3.94. The van der Waals surface area contributed by atoms with E-state index >= 15 is 0 Å². The number of aromatic nitrogens is 1. The van der Waals surface area contributed by atoms with E-state index in [1.54, 1.807) is 19.9 Å². The van der Waals surface area contributed by atoms with Crippen molar-refractivity contribution in [2.75, 3.05) is 6.61 Å². The summed E-state index contributed by atoms with van der Waals surface area (Å²) in [5.74, 6) is -2.86. The van der Waals surface area contributed by atoms with Gasteiger partial charge >= 0.3 is 5.97 Å². The molecule has 1 fully saturated rings.